The summed E-state index contributed by atoms with van der Waals surface area (Å²) in [7, 11) is 0. The summed E-state index contributed by atoms with van der Waals surface area (Å²) in [6, 6.07) is 7.58. The summed E-state index contributed by atoms with van der Waals surface area (Å²) in [5.41, 5.74) is 2.06. The number of carbonyl (C=O) groups is 3. The largest absolute Gasteiger partial charge is 0.432 e. The third kappa shape index (κ3) is 4.51. The second-order valence-electron chi connectivity index (χ2n) is 7.06. The van der Waals surface area contributed by atoms with E-state index in [-0.39, 0.29) is 24.9 Å². The molecule has 1 saturated heterocycles. The van der Waals surface area contributed by atoms with Crippen LogP contribution in [-0.2, 0) is 14.4 Å². The zero-order valence-corrected chi connectivity index (χ0v) is 16.4. The molecule has 2 atom stereocenters. The summed E-state index contributed by atoms with van der Waals surface area (Å²) in [6.45, 7) is 8.20. The standard InChI is InChI=1S/C20H28N4O4/c1-3-23(4-2)12-6-11-21-18-14-7-5-8-15(13-14)19(18)22-20(27)28-24-16(25)9-10-17(24)26/h5,7-8,13,18-19,21H,3-4,6,9-12H2,1-2H3,(H,22,27). The highest BCUT2D eigenvalue weighted by Gasteiger charge is 2.36. The number of hydrogen-bond acceptors (Lipinski definition) is 6. The van der Waals surface area contributed by atoms with E-state index in [9.17, 15) is 14.4 Å². The molecule has 1 fully saturated rings. The fraction of sp³-hybridized carbons (Fsp3) is 0.550. The molecule has 28 heavy (non-hydrogen) atoms. The summed E-state index contributed by atoms with van der Waals surface area (Å²) < 4.78 is 0. The number of benzene rings is 1. The molecular weight excluding hydrogens is 360 g/mol. The molecular formula is C20H28N4O4. The third-order valence-electron chi connectivity index (χ3n) is 5.33. The predicted molar refractivity (Wildman–Crippen MR) is 103 cm³/mol. The molecule has 8 heteroatoms. The minimum Gasteiger partial charge on any atom is -0.311 e. The SMILES string of the molecule is CCN(CC)CCCNC1c2cccc(c2)C1NC(=O)ON1C(=O)CCC1=O. The molecule has 3 amide bonds. The van der Waals surface area contributed by atoms with Gasteiger partial charge in [0.25, 0.3) is 11.8 Å². The van der Waals surface area contributed by atoms with Gasteiger partial charge in [-0.1, -0.05) is 38.1 Å². The molecule has 1 aliphatic carbocycles. The van der Waals surface area contributed by atoms with Crippen LogP contribution in [0.2, 0.25) is 0 Å². The summed E-state index contributed by atoms with van der Waals surface area (Å²) in [5.74, 6) is -0.976. The molecule has 1 heterocycles. The van der Waals surface area contributed by atoms with Gasteiger partial charge in [-0.15, -0.1) is 5.06 Å². The van der Waals surface area contributed by atoms with Crippen molar-refractivity contribution in [2.45, 2.75) is 45.2 Å². The number of rotatable bonds is 9. The number of amides is 3. The van der Waals surface area contributed by atoms with Crippen molar-refractivity contribution in [2.75, 3.05) is 26.2 Å². The average Bonchev–Trinajstić information content (AvgIpc) is 3.12. The molecule has 2 bridgehead atoms. The molecule has 1 aromatic carbocycles. The molecule has 152 valence electrons. The van der Waals surface area contributed by atoms with Crippen molar-refractivity contribution in [3.63, 3.8) is 0 Å². The van der Waals surface area contributed by atoms with Crippen LogP contribution in [0.25, 0.3) is 0 Å². The monoisotopic (exact) mass is 388 g/mol. The quantitative estimate of drug-likeness (QED) is 0.496. The summed E-state index contributed by atoms with van der Waals surface area (Å²) in [4.78, 5) is 42.9. The highest BCUT2D eigenvalue weighted by atomic mass is 16.7. The van der Waals surface area contributed by atoms with Gasteiger partial charge in [0.1, 0.15) is 0 Å². The Morgan fingerprint density at radius 3 is 2.43 bits per heavy atom. The number of nitrogens with zero attached hydrogens (tertiary/aromatic N) is 2. The first kappa shape index (κ1) is 20.3. The lowest BCUT2D eigenvalue weighted by Crippen LogP contribution is -2.41. The summed E-state index contributed by atoms with van der Waals surface area (Å²) in [6.07, 6.45) is 0.355. The van der Waals surface area contributed by atoms with E-state index in [1.165, 1.54) is 0 Å². The highest BCUT2D eigenvalue weighted by molar-refractivity contribution is 6.01. The normalized spacial score (nSPS) is 20.9. The van der Waals surface area contributed by atoms with Crippen LogP contribution in [0.5, 0.6) is 0 Å². The fourth-order valence-electron chi connectivity index (χ4n) is 3.73. The van der Waals surface area contributed by atoms with E-state index in [1.807, 2.05) is 24.3 Å². The predicted octanol–water partition coefficient (Wildman–Crippen LogP) is 1.89. The van der Waals surface area contributed by atoms with Crippen LogP contribution < -0.4 is 10.6 Å². The Labute approximate surface area is 165 Å². The maximum Gasteiger partial charge on any atom is 0.432 e. The maximum atomic E-state index is 12.3. The maximum absolute atomic E-state index is 12.3. The lowest BCUT2D eigenvalue weighted by molar-refractivity contribution is -0.171. The first-order valence-corrected chi connectivity index (χ1v) is 9.93. The van der Waals surface area contributed by atoms with E-state index in [0.717, 1.165) is 43.7 Å². The van der Waals surface area contributed by atoms with Crippen molar-refractivity contribution in [3.05, 3.63) is 35.4 Å². The van der Waals surface area contributed by atoms with Crippen LogP contribution in [-0.4, -0.2) is 54.0 Å². The zero-order chi connectivity index (χ0) is 20.1. The van der Waals surface area contributed by atoms with E-state index in [0.29, 0.717) is 5.06 Å². The molecule has 2 aliphatic rings. The number of nitrogens with one attached hydrogen (secondary N) is 2. The van der Waals surface area contributed by atoms with E-state index < -0.39 is 17.9 Å². The van der Waals surface area contributed by atoms with Gasteiger partial charge >= 0.3 is 6.09 Å². The smallest absolute Gasteiger partial charge is 0.311 e. The van der Waals surface area contributed by atoms with Gasteiger partial charge in [0.15, 0.2) is 0 Å². The topological polar surface area (TPSA) is 91.0 Å². The molecule has 0 saturated carbocycles. The Kier molecular flexibility index (Phi) is 6.64. The molecule has 2 unspecified atom stereocenters. The Bertz CT molecular complexity index is 719. The molecule has 2 N–H and O–H groups in total. The molecule has 1 aliphatic heterocycles. The second-order valence-corrected chi connectivity index (χ2v) is 7.06. The number of hydrogen-bond donors (Lipinski definition) is 2. The number of fused-ring (bicyclic) bond motifs is 2. The average molecular weight is 388 g/mol. The van der Waals surface area contributed by atoms with Crippen molar-refractivity contribution in [1.29, 1.82) is 0 Å². The first-order valence-electron chi connectivity index (χ1n) is 9.93. The van der Waals surface area contributed by atoms with Gasteiger partial charge in [0, 0.05) is 12.8 Å². The third-order valence-corrected chi connectivity index (χ3v) is 5.33. The minimum atomic E-state index is -0.800. The van der Waals surface area contributed by atoms with Gasteiger partial charge in [-0.25, -0.2) is 4.79 Å². The molecule has 0 spiro atoms. The van der Waals surface area contributed by atoms with E-state index in [4.69, 9.17) is 4.84 Å². The van der Waals surface area contributed by atoms with Gasteiger partial charge in [-0.3, -0.25) is 9.59 Å². The van der Waals surface area contributed by atoms with Crippen molar-refractivity contribution < 1.29 is 19.2 Å². The lowest BCUT2D eigenvalue weighted by Gasteiger charge is -2.25. The van der Waals surface area contributed by atoms with Crippen LogP contribution in [0.15, 0.2) is 24.3 Å². The van der Waals surface area contributed by atoms with Crippen LogP contribution in [0.3, 0.4) is 0 Å². The Morgan fingerprint density at radius 1 is 1.14 bits per heavy atom. The second kappa shape index (κ2) is 9.16. The Morgan fingerprint density at radius 2 is 1.79 bits per heavy atom. The van der Waals surface area contributed by atoms with Crippen molar-refractivity contribution in [3.8, 4) is 0 Å². The molecule has 0 aromatic heterocycles. The van der Waals surface area contributed by atoms with Crippen LogP contribution >= 0.6 is 0 Å². The summed E-state index contributed by atoms with van der Waals surface area (Å²) >= 11 is 0. The Hall–Kier alpha value is -2.45. The van der Waals surface area contributed by atoms with E-state index in [1.54, 1.807) is 0 Å². The minimum absolute atomic E-state index is 0.0702. The Balaban J connectivity index is 1.56. The molecule has 1 aromatic rings. The number of carbonyl (C=O) groups excluding carboxylic acids is 3. The summed E-state index contributed by atoms with van der Waals surface area (Å²) in [5, 5.41) is 6.88. The van der Waals surface area contributed by atoms with Crippen LogP contribution in [0.4, 0.5) is 4.79 Å². The zero-order valence-electron chi connectivity index (χ0n) is 16.4. The van der Waals surface area contributed by atoms with Gasteiger partial charge in [0.2, 0.25) is 0 Å². The molecule has 8 nitrogen and oxygen atoms in total. The first-order chi connectivity index (χ1) is 13.5. The fourth-order valence-corrected chi connectivity index (χ4v) is 3.73. The lowest BCUT2D eigenvalue weighted by atomic mass is 10.1. The number of imide groups is 1. The van der Waals surface area contributed by atoms with Gasteiger partial charge in [0.05, 0.1) is 12.1 Å². The van der Waals surface area contributed by atoms with Crippen molar-refractivity contribution in [2.24, 2.45) is 0 Å². The van der Waals surface area contributed by atoms with E-state index in [2.05, 4.69) is 29.4 Å². The van der Waals surface area contributed by atoms with Crippen LogP contribution in [0, 0.1) is 0 Å². The van der Waals surface area contributed by atoms with Crippen molar-refractivity contribution in [1.82, 2.24) is 20.6 Å². The van der Waals surface area contributed by atoms with Gasteiger partial charge < -0.3 is 20.4 Å². The number of hydroxylamine groups is 2. The van der Waals surface area contributed by atoms with E-state index >= 15 is 0 Å². The van der Waals surface area contributed by atoms with Crippen molar-refractivity contribution >= 4 is 17.9 Å². The molecule has 3 rings (SSSR count). The molecule has 0 radical (unpaired) electrons. The highest BCUT2D eigenvalue weighted by Crippen LogP contribution is 2.36. The van der Waals surface area contributed by atoms with Gasteiger partial charge in [-0.2, -0.15) is 0 Å². The van der Waals surface area contributed by atoms with Gasteiger partial charge in [-0.05, 0) is 43.7 Å². The van der Waals surface area contributed by atoms with Crippen LogP contribution in [0.1, 0.15) is 56.3 Å².